The molecule has 0 spiro atoms. The number of piperidine rings is 1. The maximum absolute atomic E-state index is 13.1. The van der Waals surface area contributed by atoms with E-state index in [-0.39, 0.29) is 17.8 Å². The molecule has 4 rings (SSSR count). The molecule has 10 nitrogen and oxygen atoms in total. The number of benzene rings is 1. The standard InChI is InChI=1S/C31H43ClN7O3P/c1-9-29(40)34-23-16-24(27(42-6)17-26(23)39-12-10-21(11-13-39)38(4)5)36-31-33-18-22(32)30(37-31)35-25-14-19(2)20(3)15-28(25)43(7,8)41/h9,15-19,21H,1,10-14H2,2-8H3,(H,34,40)(H2,33,35,36,37). The number of carbonyl (C=O) groups excluding carboxylic acids is 1. The summed E-state index contributed by atoms with van der Waals surface area (Å²) in [4.78, 5) is 26.0. The molecular weight excluding hydrogens is 585 g/mol. The van der Waals surface area contributed by atoms with Crippen molar-refractivity contribution >= 4 is 53.5 Å². The third-order valence-electron chi connectivity index (χ3n) is 8.10. The second-order valence-electron chi connectivity index (χ2n) is 11.8. The monoisotopic (exact) mass is 627 g/mol. The van der Waals surface area contributed by atoms with Crippen molar-refractivity contribution in [1.29, 1.82) is 0 Å². The van der Waals surface area contributed by atoms with Crippen molar-refractivity contribution in [2.24, 2.45) is 5.92 Å². The predicted octanol–water partition coefficient (Wildman–Crippen LogP) is 6.77. The maximum Gasteiger partial charge on any atom is 0.247 e. The van der Waals surface area contributed by atoms with Gasteiger partial charge in [0.15, 0.2) is 5.82 Å². The van der Waals surface area contributed by atoms with Crippen LogP contribution in [0.4, 0.5) is 28.8 Å². The smallest absolute Gasteiger partial charge is 0.247 e. The molecule has 0 radical (unpaired) electrons. The fraction of sp³-hybridized carbons (Fsp3) is 0.452. The molecule has 2 aromatic rings. The Morgan fingerprint density at radius 2 is 1.91 bits per heavy atom. The molecule has 232 valence electrons. The number of nitrogens with one attached hydrogen (secondary N) is 3. The predicted molar refractivity (Wildman–Crippen MR) is 179 cm³/mol. The molecule has 3 N–H and O–H groups in total. The lowest BCUT2D eigenvalue weighted by atomic mass is 9.92. The first-order valence-electron chi connectivity index (χ1n) is 14.4. The number of aromatic nitrogens is 2. The van der Waals surface area contributed by atoms with Gasteiger partial charge in [-0.25, -0.2) is 4.98 Å². The summed E-state index contributed by atoms with van der Waals surface area (Å²) in [6.07, 6.45) is 7.49. The van der Waals surface area contributed by atoms with Gasteiger partial charge in [-0.05, 0) is 71.7 Å². The average molecular weight is 628 g/mol. The molecule has 0 bridgehead atoms. The van der Waals surface area contributed by atoms with E-state index in [2.05, 4.69) is 70.2 Å². The number of nitrogens with zero attached hydrogens (tertiary/aromatic N) is 4. The van der Waals surface area contributed by atoms with E-state index < -0.39 is 7.14 Å². The van der Waals surface area contributed by atoms with Crippen LogP contribution in [0.25, 0.3) is 0 Å². The van der Waals surface area contributed by atoms with Crippen molar-refractivity contribution in [3.05, 3.63) is 58.7 Å². The maximum atomic E-state index is 13.1. The molecule has 1 aromatic heterocycles. The Morgan fingerprint density at radius 3 is 2.51 bits per heavy atom. The molecule has 0 saturated carbocycles. The van der Waals surface area contributed by atoms with Crippen LogP contribution in [0.15, 0.2) is 53.6 Å². The van der Waals surface area contributed by atoms with Gasteiger partial charge in [-0.1, -0.05) is 36.8 Å². The van der Waals surface area contributed by atoms with Crippen molar-refractivity contribution in [2.45, 2.75) is 39.2 Å². The van der Waals surface area contributed by atoms with Gasteiger partial charge >= 0.3 is 0 Å². The highest BCUT2D eigenvalue weighted by molar-refractivity contribution is 7.67. The van der Waals surface area contributed by atoms with Gasteiger partial charge in [0, 0.05) is 36.2 Å². The summed E-state index contributed by atoms with van der Waals surface area (Å²) >= 11 is 6.53. The van der Waals surface area contributed by atoms with Crippen molar-refractivity contribution < 1.29 is 14.1 Å². The number of amides is 1. The van der Waals surface area contributed by atoms with Crippen LogP contribution in [-0.2, 0) is 9.36 Å². The van der Waals surface area contributed by atoms with Crippen molar-refractivity contribution in [3.63, 3.8) is 0 Å². The number of methoxy groups -OCH3 is 1. The van der Waals surface area contributed by atoms with Crippen LogP contribution in [0.2, 0.25) is 5.02 Å². The van der Waals surface area contributed by atoms with E-state index in [1.54, 1.807) is 20.4 Å². The highest BCUT2D eigenvalue weighted by Gasteiger charge is 2.27. The first-order valence-corrected chi connectivity index (χ1v) is 17.4. The van der Waals surface area contributed by atoms with Gasteiger partial charge in [-0.2, -0.15) is 4.98 Å². The van der Waals surface area contributed by atoms with Gasteiger partial charge in [0.1, 0.15) is 17.9 Å². The van der Waals surface area contributed by atoms with Crippen LogP contribution in [0.3, 0.4) is 0 Å². The fourth-order valence-electron chi connectivity index (χ4n) is 5.40. The quantitative estimate of drug-likeness (QED) is 0.194. The van der Waals surface area contributed by atoms with Gasteiger partial charge < -0.3 is 35.1 Å². The molecule has 1 aromatic carbocycles. The Kier molecular flexibility index (Phi) is 10.3. The van der Waals surface area contributed by atoms with Crippen LogP contribution in [0, 0.1) is 5.92 Å². The highest BCUT2D eigenvalue weighted by atomic mass is 35.5. The van der Waals surface area contributed by atoms with Crippen molar-refractivity contribution in [2.75, 3.05) is 68.5 Å². The number of halogens is 1. The van der Waals surface area contributed by atoms with Gasteiger partial charge in [0.25, 0.3) is 0 Å². The fourth-order valence-corrected chi connectivity index (χ4v) is 6.85. The molecule has 1 aliphatic heterocycles. The first kappa shape index (κ1) is 32.6. The zero-order chi connectivity index (χ0) is 31.5. The Balaban J connectivity index is 1.67. The molecular formula is C31H43ClN7O3P. The number of hydrogen-bond acceptors (Lipinski definition) is 9. The van der Waals surface area contributed by atoms with E-state index >= 15 is 0 Å². The number of rotatable bonds is 10. The summed E-state index contributed by atoms with van der Waals surface area (Å²) in [5, 5.41) is 10.7. The first-order chi connectivity index (χ1) is 20.3. The summed E-state index contributed by atoms with van der Waals surface area (Å²) in [6.45, 7) is 13.0. The average Bonchev–Trinajstić information content (AvgIpc) is 2.96. The van der Waals surface area contributed by atoms with Crippen LogP contribution < -0.4 is 25.6 Å². The summed E-state index contributed by atoms with van der Waals surface area (Å²) in [5.41, 5.74) is 4.09. The lowest BCUT2D eigenvalue weighted by Gasteiger charge is -2.37. The molecule has 1 unspecified atom stereocenters. The number of carbonyl (C=O) groups is 1. The van der Waals surface area contributed by atoms with E-state index in [9.17, 15) is 9.36 Å². The van der Waals surface area contributed by atoms with E-state index in [1.807, 2.05) is 18.2 Å². The molecule has 1 fully saturated rings. The minimum Gasteiger partial charge on any atom is -0.494 e. The molecule has 2 heterocycles. The molecule has 1 aliphatic carbocycles. The van der Waals surface area contributed by atoms with Gasteiger partial charge in [-0.15, -0.1) is 0 Å². The Morgan fingerprint density at radius 1 is 1.21 bits per heavy atom. The molecule has 1 saturated heterocycles. The number of ether oxygens (including phenoxy) is 1. The lowest BCUT2D eigenvalue weighted by Crippen LogP contribution is -2.42. The van der Waals surface area contributed by atoms with Gasteiger partial charge in [0.05, 0.1) is 30.4 Å². The Hall–Kier alpha value is -3.33. The molecule has 43 heavy (non-hydrogen) atoms. The minimum atomic E-state index is -2.56. The minimum absolute atomic E-state index is 0.277. The second-order valence-corrected chi connectivity index (χ2v) is 15.4. The van der Waals surface area contributed by atoms with E-state index in [0.717, 1.165) is 42.6 Å². The Labute approximate surface area is 260 Å². The zero-order valence-corrected chi connectivity index (χ0v) is 27.8. The molecule has 12 heteroatoms. The van der Waals surface area contributed by atoms with Crippen LogP contribution >= 0.6 is 18.7 Å². The third kappa shape index (κ3) is 7.80. The topological polar surface area (TPSA) is 112 Å². The summed E-state index contributed by atoms with van der Waals surface area (Å²) < 4.78 is 18.9. The van der Waals surface area contributed by atoms with Crippen LogP contribution in [0.1, 0.15) is 33.1 Å². The van der Waals surface area contributed by atoms with Crippen LogP contribution in [0.5, 0.6) is 5.75 Å². The van der Waals surface area contributed by atoms with Crippen molar-refractivity contribution in [1.82, 2.24) is 14.9 Å². The zero-order valence-electron chi connectivity index (χ0n) is 26.1. The summed E-state index contributed by atoms with van der Waals surface area (Å²) in [6, 6.07) is 4.25. The van der Waals surface area contributed by atoms with Gasteiger partial charge in [0.2, 0.25) is 11.9 Å². The lowest BCUT2D eigenvalue weighted by molar-refractivity contribution is -0.111. The molecule has 1 amide bonds. The van der Waals surface area contributed by atoms with E-state index in [1.165, 1.54) is 17.8 Å². The molecule has 1 atom stereocenters. The number of hydrogen-bond donors (Lipinski definition) is 3. The van der Waals surface area contributed by atoms with E-state index in [0.29, 0.717) is 40.4 Å². The summed E-state index contributed by atoms with van der Waals surface area (Å²) in [5.74, 6) is 1.23. The van der Waals surface area contributed by atoms with E-state index in [4.69, 9.17) is 16.3 Å². The molecule has 2 aliphatic rings. The number of anilines is 5. The second kappa shape index (κ2) is 13.5. The largest absolute Gasteiger partial charge is 0.494 e. The summed E-state index contributed by atoms with van der Waals surface area (Å²) in [7, 11) is 3.25. The van der Waals surface area contributed by atoms with Crippen LogP contribution in [-0.4, -0.2) is 74.4 Å². The number of allylic oxidation sites excluding steroid dienone is 4. The Bertz CT molecular complexity index is 1490. The third-order valence-corrected chi connectivity index (χ3v) is 9.93. The highest BCUT2D eigenvalue weighted by Crippen LogP contribution is 2.52. The SMILES string of the molecule is C=CC(=O)Nc1cc(Nc2ncc(Cl)c(NC3=C(P(C)(C)=O)C=C(C)C(C)C3)n2)c(OC)cc1N1CCC(N(C)C)CC1. The normalized spacial score (nSPS) is 17.9. The van der Waals surface area contributed by atoms with Gasteiger partial charge in [-0.3, -0.25) is 4.79 Å². The van der Waals surface area contributed by atoms with Crippen molar-refractivity contribution in [3.8, 4) is 5.75 Å².